The molecule has 58 heavy (non-hydrogen) atoms. The molecule has 0 radical (unpaired) electrons. The van der Waals surface area contributed by atoms with Crippen LogP contribution in [0.1, 0.15) is 12.8 Å². The SMILES string of the molecule is C1=c2c(n(-c3ccccc3)c3cc([Si](c4ccccc4)(c4ccccc4)c4ccc(-n5c6ccccc6c6ccc7oc8ccccc8c7c65)cc4)ccc23)=CCC1. The Kier molecular flexibility index (Phi) is 7.38. The molecule has 0 unspecified atom stereocenters. The van der Waals surface area contributed by atoms with Crippen molar-refractivity contribution in [3.63, 3.8) is 0 Å². The number of nitrogens with zero attached hydrogens (tertiary/aromatic N) is 2. The smallest absolute Gasteiger partial charge is 0.179 e. The Hall–Kier alpha value is -7.14. The summed E-state index contributed by atoms with van der Waals surface area (Å²) in [4.78, 5) is 0. The summed E-state index contributed by atoms with van der Waals surface area (Å²) in [6, 6.07) is 71.9. The molecule has 1 aliphatic rings. The number of furan rings is 1. The van der Waals surface area contributed by atoms with E-state index in [0.29, 0.717) is 0 Å². The molecule has 0 saturated carbocycles. The van der Waals surface area contributed by atoms with Crippen LogP contribution in [0.4, 0.5) is 0 Å². The van der Waals surface area contributed by atoms with Crippen LogP contribution in [0.25, 0.3) is 78.2 Å². The normalized spacial score (nSPS) is 13.0. The lowest BCUT2D eigenvalue weighted by molar-refractivity contribution is 0.669. The lowest BCUT2D eigenvalue weighted by Gasteiger charge is -2.34. The van der Waals surface area contributed by atoms with Gasteiger partial charge in [0, 0.05) is 43.5 Å². The fraction of sp³-hybridized carbons (Fsp3) is 0.0370. The molecular formula is C54H38N2OSi. The number of rotatable bonds is 6. The molecule has 3 nitrogen and oxygen atoms in total. The largest absolute Gasteiger partial charge is 0.456 e. The molecule has 3 aromatic heterocycles. The van der Waals surface area contributed by atoms with Gasteiger partial charge in [-0.2, -0.15) is 0 Å². The molecule has 274 valence electrons. The van der Waals surface area contributed by atoms with Crippen molar-refractivity contribution in [2.75, 3.05) is 0 Å². The third-order valence-corrected chi connectivity index (χ3v) is 17.3. The molecular weight excluding hydrogens is 721 g/mol. The van der Waals surface area contributed by atoms with E-state index in [4.69, 9.17) is 4.42 Å². The number of benzene rings is 8. The lowest BCUT2D eigenvalue weighted by atomic mass is 10.1. The van der Waals surface area contributed by atoms with Crippen LogP contribution in [0.3, 0.4) is 0 Å². The first-order chi connectivity index (χ1) is 28.8. The van der Waals surface area contributed by atoms with Crippen molar-refractivity contribution >= 4 is 95.6 Å². The molecule has 12 rings (SSSR count). The quantitative estimate of drug-likeness (QED) is 0.123. The summed E-state index contributed by atoms with van der Waals surface area (Å²) in [5.74, 6) is 0. The standard InChI is InChI=1S/C54H38N2OSi/c1-4-16-37(17-5-1)55-48-25-13-10-22-43(48)45-33-32-42(36-50(45)55)58(39-18-6-2-7-19-39,40-20-8-3-9-21-40)41-30-28-38(29-31-41)56-49-26-14-11-23-44(49)46-34-35-52-53(54(46)56)47-24-12-15-27-51(47)57-52/h1-9,11-12,14-36H,10,13H2. The minimum atomic E-state index is -2.90. The highest BCUT2D eigenvalue weighted by atomic mass is 28.3. The summed E-state index contributed by atoms with van der Waals surface area (Å²) in [7, 11) is -2.90. The van der Waals surface area contributed by atoms with Gasteiger partial charge < -0.3 is 13.6 Å². The van der Waals surface area contributed by atoms with Crippen molar-refractivity contribution in [1.82, 2.24) is 9.13 Å². The number of hydrogen-bond donors (Lipinski definition) is 0. The second kappa shape index (κ2) is 13.0. The Balaban J connectivity index is 1.15. The minimum absolute atomic E-state index is 0.904. The zero-order valence-electron chi connectivity index (χ0n) is 31.8. The average molecular weight is 759 g/mol. The summed E-state index contributed by atoms with van der Waals surface area (Å²) in [5.41, 5.74) is 7.75. The van der Waals surface area contributed by atoms with Crippen LogP contribution < -0.4 is 31.3 Å². The monoisotopic (exact) mass is 758 g/mol. The molecule has 1 aliphatic carbocycles. The predicted molar refractivity (Wildman–Crippen MR) is 246 cm³/mol. The zero-order valence-corrected chi connectivity index (χ0v) is 32.8. The molecule has 4 heteroatoms. The average Bonchev–Trinajstić information content (AvgIpc) is 3.95. The van der Waals surface area contributed by atoms with Gasteiger partial charge in [0.15, 0.2) is 8.07 Å². The van der Waals surface area contributed by atoms with Gasteiger partial charge in [-0.05, 0) is 88.2 Å². The summed E-state index contributed by atoms with van der Waals surface area (Å²) >= 11 is 0. The summed E-state index contributed by atoms with van der Waals surface area (Å²) in [6.07, 6.45) is 6.98. The number of fused-ring (bicyclic) bond motifs is 10. The molecule has 0 amide bonds. The van der Waals surface area contributed by atoms with E-state index < -0.39 is 8.07 Å². The van der Waals surface area contributed by atoms with Gasteiger partial charge in [0.25, 0.3) is 0 Å². The molecule has 0 saturated heterocycles. The Morgan fingerprint density at radius 1 is 0.397 bits per heavy atom. The van der Waals surface area contributed by atoms with E-state index in [2.05, 4.69) is 209 Å². The Morgan fingerprint density at radius 3 is 1.74 bits per heavy atom. The maximum Gasteiger partial charge on any atom is 0.179 e. The highest BCUT2D eigenvalue weighted by Gasteiger charge is 2.42. The number of hydrogen-bond acceptors (Lipinski definition) is 1. The fourth-order valence-corrected chi connectivity index (χ4v) is 14.8. The maximum absolute atomic E-state index is 6.44. The number of aromatic nitrogens is 2. The van der Waals surface area contributed by atoms with Crippen LogP contribution in [0.5, 0.6) is 0 Å². The van der Waals surface area contributed by atoms with Gasteiger partial charge in [0.2, 0.25) is 0 Å². The van der Waals surface area contributed by atoms with E-state index in [0.717, 1.165) is 40.5 Å². The third-order valence-electron chi connectivity index (χ3n) is 12.5. The van der Waals surface area contributed by atoms with Crippen molar-refractivity contribution in [3.05, 3.63) is 205 Å². The topological polar surface area (TPSA) is 23.0 Å². The van der Waals surface area contributed by atoms with Crippen molar-refractivity contribution in [3.8, 4) is 11.4 Å². The van der Waals surface area contributed by atoms with Gasteiger partial charge in [0.05, 0.1) is 21.9 Å². The van der Waals surface area contributed by atoms with Crippen LogP contribution in [0.15, 0.2) is 199 Å². The second-order valence-electron chi connectivity index (χ2n) is 15.5. The lowest BCUT2D eigenvalue weighted by Crippen LogP contribution is -2.74. The van der Waals surface area contributed by atoms with E-state index in [1.165, 1.54) is 69.7 Å². The van der Waals surface area contributed by atoms with Gasteiger partial charge in [-0.1, -0.05) is 152 Å². The molecule has 0 spiro atoms. The maximum atomic E-state index is 6.44. The van der Waals surface area contributed by atoms with Gasteiger partial charge in [-0.25, -0.2) is 0 Å². The van der Waals surface area contributed by atoms with Gasteiger partial charge in [0.1, 0.15) is 11.2 Å². The first-order valence-corrected chi connectivity index (χ1v) is 22.3. The van der Waals surface area contributed by atoms with Gasteiger partial charge >= 0.3 is 0 Å². The first-order valence-electron chi connectivity index (χ1n) is 20.3. The second-order valence-corrected chi connectivity index (χ2v) is 19.3. The van der Waals surface area contributed by atoms with Crippen molar-refractivity contribution in [2.24, 2.45) is 0 Å². The third kappa shape index (κ3) is 4.73. The van der Waals surface area contributed by atoms with Crippen molar-refractivity contribution in [1.29, 1.82) is 0 Å². The van der Waals surface area contributed by atoms with Crippen LogP contribution in [-0.4, -0.2) is 17.2 Å². The van der Waals surface area contributed by atoms with E-state index in [1.807, 2.05) is 6.07 Å². The number of para-hydroxylation sites is 3. The van der Waals surface area contributed by atoms with Crippen LogP contribution >= 0.6 is 0 Å². The van der Waals surface area contributed by atoms with E-state index >= 15 is 0 Å². The molecule has 0 bridgehead atoms. The Bertz CT molecular complexity index is 3450. The summed E-state index contributed by atoms with van der Waals surface area (Å²) in [6.45, 7) is 0. The molecule has 0 aliphatic heterocycles. The van der Waals surface area contributed by atoms with Gasteiger partial charge in [-0.3, -0.25) is 0 Å². The molecule has 8 aromatic carbocycles. The van der Waals surface area contributed by atoms with Crippen LogP contribution in [0.2, 0.25) is 0 Å². The Morgan fingerprint density at radius 2 is 0.983 bits per heavy atom. The molecule has 11 aromatic rings. The highest BCUT2D eigenvalue weighted by Crippen LogP contribution is 2.40. The van der Waals surface area contributed by atoms with Crippen molar-refractivity contribution in [2.45, 2.75) is 12.8 Å². The fourth-order valence-electron chi connectivity index (χ4n) is 10.1. The first kappa shape index (κ1) is 33.0. The Labute approximate surface area is 336 Å². The van der Waals surface area contributed by atoms with Crippen LogP contribution in [-0.2, 0) is 0 Å². The summed E-state index contributed by atoms with van der Waals surface area (Å²) < 4.78 is 11.4. The highest BCUT2D eigenvalue weighted by molar-refractivity contribution is 7.20. The van der Waals surface area contributed by atoms with Crippen LogP contribution in [0, 0.1) is 0 Å². The van der Waals surface area contributed by atoms with Gasteiger partial charge in [-0.15, -0.1) is 0 Å². The minimum Gasteiger partial charge on any atom is -0.456 e. The summed E-state index contributed by atoms with van der Waals surface area (Å²) in [5, 5.41) is 14.1. The zero-order chi connectivity index (χ0) is 38.2. The van der Waals surface area contributed by atoms with E-state index in [9.17, 15) is 0 Å². The van der Waals surface area contributed by atoms with Crippen molar-refractivity contribution < 1.29 is 4.42 Å². The van der Waals surface area contributed by atoms with E-state index in [-0.39, 0.29) is 0 Å². The molecule has 3 heterocycles. The van der Waals surface area contributed by atoms with E-state index in [1.54, 1.807) is 0 Å². The molecule has 0 fully saturated rings. The molecule has 0 atom stereocenters. The predicted octanol–water partition coefficient (Wildman–Crippen LogP) is 9.36. The molecule has 0 N–H and O–H groups in total.